The summed E-state index contributed by atoms with van der Waals surface area (Å²) < 4.78 is 15.7. The summed E-state index contributed by atoms with van der Waals surface area (Å²) in [5.41, 5.74) is 4.35. The summed E-state index contributed by atoms with van der Waals surface area (Å²) >= 11 is 0. The molecule has 0 saturated heterocycles. The minimum atomic E-state index is -0.549. The molecule has 2 aromatic carbocycles. The lowest BCUT2D eigenvalue weighted by molar-refractivity contribution is -0.147. The lowest BCUT2D eigenvalue weighted by Gasteiger charge is -2.14. The molecule has 0 amide bonds. The van der Waals surface area contributed by atoms with Crippen molar-refractivity contribution in [3.8, 4) is 5.75 Å². The molecule has 6 nitrogen and oxygen atoms in total. The Bertz CT molecular complexity index is 1070. The van der Waals surface area contributed by atoms with E-state index in [-0.39, 0.29) is 13.2 Å². The van der Waals surface area contributed by atoms with Crippen LogP contribution in [0.5, 0.6) is 5.75 Å². The van der Waals surface area contributed by atoms with E-state index in [0.29, 0.717) is 17.0 Å². The van der Waals surface area contributed by atoms with Crippen molar-refractivity contribution in [3.05, 3.63) is 70.4 Å². The van der Waals surface area contributed by atoms with Gasteiger partial charge < -0.3 is 14.2 Å². The van der Waals surface area contributed by atoms with E-state index >= 15 is 0 Å². The Morgan fingerprint density at radius 1 is 1.00 bits per heavy atom. The number of benzene rings is 2. The van der Waals surface area contributed by atoms with Crippen LogP contribution in [-0.4, -0.2) is 30.6 Å². The highest BCUT2D eigenvalue weighted by molar-refractivity contribution is 5.98. The number of carbonyl (C=O) groups is 2. The number of fused-ring (bicyclic) bond motifs is 1. The lowest BCUT2D eigenvalue weighted by Crippen LogP contribution is -2.17. The van der Waals surface area contributed by atoms with Crippen LogP contribution in [-0.2, 0) is 20.9 Å². The molecule has 6 heteroatoms. The molecule has 1 heterocycles. The van der Waals surface area contributed by atoms with E-state index in [0.717, 1.165) is 27.6 Å². The summed E-state index contributed by atoms with van der Waals surface area (Å²) in [6, 6.07) is 13.1. The average Bonchev–Trinajstić information content (AvgIpc) is 2.72. The van der Waals surface area contributed by atoms with Crippen molar-refractivity contribution in [1.29, 1.82) is 0 Å². The van der Waals surface area contributed by atoms with Crippen LogP contribution in [0.3, 0.4) is 0 Å². The number of aromatic nitrogens is 1. The number of carbonyl (C=O) groups excluding carboxylic acids is 2. The molecule has 3 aromatic rings. The molecular formula is C23H23NO5. The number of pyridine rings is 1. The third-order valence-corrected chi connectivity index (χ3v) is 4.82. The van der Waals surface area contributed by atoms with Crippen LogP contribution in [0.1, 0.15) is 32.7 Å². The Labute approximate surface area is 169 Å². The van der Waals surface area contributed by atoms with E-state index < -0.39 is 11.9 Å². The topological polar surface area (TPSA) is 74.7 Å². The van der Waals surface area contributed by atoms with Crippen molar-refractivity contribution in [2.45, 2.75) is 27.4 Å². The van der Waals surface area contributed by atoms with E-state index in [1.807, 2.05) is 57.2 Å². The van der Waals surface area contributed by atoms with Crippen molar-refractivity contribution in [3.63, 3.8) is 0 Å². The first-order valence-electron chi connectivity index (χ1n) is 9.23. The van der Waals surface area contributed by atoms with E-state index in [1.54, 1.807) is 6.07 Å². The summed E-state index contributed by atoms with van der Waals surface area (Å²) in [5, 5.41) is 0.848. The highest BCUT2D eigenvalue weighted by Crippen LogP contribution is 2.24. The van der Waals surface area contributed by atoms with Gasteiger partial charge in [-0.2, -0.15) is 0 Å². The van der Waals surface area contributed by atoms with Crippen LogP contribution in [0.15, 0.2) is 42.5 Å². The number of hydrogen-bond acceptors (Lipinski definition) is 6. The van der Waals surface area contributed by atoms with Gasteiger partial charge in [-0.25, -0.2) is 14.6 Å². The highest BCUT2D eigenvalue weighted by atomic mass is 16.6. The van der Waals surface area contributed by atoms with Gasteiger partial charge in [0.2, 0.25) is 0 Å². The van der Waals surface area contributed by atoms with Gasteiger partial charge in [0.1, 0.15) is 12.4 Å². The molecule has 0 aliphatic carbocycles. The molecule has 0 N–H and O–H groups in total. The first-order chi connectivity index (χ1) is 13.9. The van der Waals surface area contributed by atoms with Crippen molar-refractivity contribution < 1.29 is 23.8 Å². The molecular weight excluding hydrogens is 370 g/mol. The molecule has 0 radical (unpaired) electrons. The maximum atomic E-state index is 12.3. The molecule has 150 valence electrons. The summed E-state index contributed by atoms with van der Waals surface area (Å²) in [5.74, 6) is -0.468. The first kappa shape index (κ1) is 20.3. The predicted octanol–water partition coefficient (Wildman–Crippen LogP) is 4.07. The highest BCUT2D eigenvalue weighted by Gasteiger charge is 2.20. The SMILES string of the molecule is COC(=O)c1c(COC(=O)COc2ccc(C)c(C)c2)nc2ccccc2c1C. The zero-order valence-electron chi connectivity index (χ0n) is 16.9. The Balaban J connectivity index is 1.74. The average molecular weight is 393 g/mol. The lowest BCUT2D eigenvalue weighted by atomic mass is 10.0. The Hall–Kier alpha value is -3.41. The predicted molar refractivity (Wildman–Crippen MR) is 109 cm³/mol. The van der Waals surface area contributed by atoms with Crippen LogP contribution in [0.2, 0.25) is 0 Å². The number of ether oxygens (including phenoxy) is 3. The molecule has 0 atom stereocenters. The molecule has 0 aliphatic heterocycles. The van der Waals surface area contributed by atoms with Crippen molar-refractivity contribution >= 4 is 22.8 Å². The second-order valence-corrected chi connectivity index (χ2v) is 6.76. The first-order valence-corrected chi connectivity index (χ1v) is 9.23. The fraction of sp³-hybridized carbons (Fsp3) is 0.261. The van der Waals surface area contributed by atoms with Crippen LogP contribution < -0.4 is 4.74 Å². The molecule has 0 fully saturated rings. The maximum Gasteiger partial charge on any atom is 0.344 e. The van der Waals surface area contributed by atoms with Crippen molar-refractivity contribution in [2.75, 3.05) is 13.7 Å². The number of nitrogens with zero attached hydrogens (tertiary/aromatic N) is 1. The molecule has 0 unspecified atom stereocenters. The second-order valence-electron chi connectivity index (χ2n) is 6.76. The summed E-state index contributed by atoms with van der Waals surface area (Å²) in [4.78, 5) is 28.9. The van der Waals surface area contributed by atoms with Crippen LogP contribution in [0.25, 0.3) is 10.9 Å². The minimum Gasteiger partial charge on any atom is -0.482 e. The van der Waals surface area contributed by atoms with Crippen LogP contribution in [0.4, 0.5) is 0 Å². The Kier molecular flexibility index (Phi) is 6.12. The van der Waals surface area contributed by atoms with Gasteiger partial charge in [0.05, 0.1) is 23.9 Å². The minimum absolute atomic E-state index is 0.148. The van der Waals surface area contributed by atoms with Crippen LogP contribution in [0, 0.1) is 20.8 Å². The molecule has 0 saturated carbocycles. The third kappa shape index (κ3) is 4.54. The fourth-order valence-electron chi connectivity index (χ4n) is 3.05. The van der Waals surface area contributed by atoms with Crippen molar-refractivity contribution in [2.24, 2.45) is 0 Å². The van der Waals surface area contributed by atoms with E-state index in [1.165, 1.54) is 7.11 Å². The van der Waals surface area contributed by atoms with E-state index in [4.69, 9.17) is 14.2 Å². The van der Waals surface area contributed by atoms with Gasteiger partial charge in [-0.15, -0.1) is 0 Å². The Morgan fingerprint density at radius 2 is 1.76 bits per heavy atom. The van der Waals surface area contributed by atoms with Gasteiger partial charge in [0, 0.05) is 5.39 Å². The molecule has 0 aliphatic rings. The molecule has 0 bridgehead atoms. The molecule has 29 heavy (non-hydrogen) atoms. The van der Waals surface area contributed by atoms with Gasteiger partial charge in [-0.3, -0.25) is 0 Å². The second kappa shape index (κ2) is 8.73. The summed E-state index contributed by atoms with van der Waals surface area (Å²) in [6.45, 7) is 5.42. The number of hydrogen-bond donors (Lipinski definition) is 0. The van der Waals surface area contributed by atoms with Gasteiger partial charge in [-0.1, -0.05) is 24.3 Å². The van der Waals surface area contributed by atoms with Gasteiger partial charge in [0.25, 0.3) is 0 Å². The normalized spacial score (nSPS) is 10.6. The largest absolute Gasteiger partial charge is 0.482 e. The Morgan fingerprint density at radius 3 is 2.48 bits per heavy atom. The van der Waals surface area contributed by atoms with E-state index in [9.17, 15) is 9.59 Å². The summed E-state index contributed by atoms with van der Waals surface area (Å²) in [6.07, 6.45) is 0. The standard InChI is InChI=1S/C23H23NO5/c1-14-9-10-17(11-15(14)2)28-13-21(25)29-12-20-22(23(26)27-4)16(3)18-7-5-6-8-19(18)24-20/h5-11H,12-13H2,1-4H3. The number of para-hydroxylation sites is 1. The number of rotatable bonds is 6. The van der Waals surface area contributed by atoms with E-state index in [2.05, 4.69) is 4.98 Å². The zero-order chi connectivity index (χ0) is 21.0. The van der Waals surface area contributed by atoms with Gasteiger partial charge in [-0.05, 0) is 55.7 Å². The fourth-order valence-corrected chi connectivity index (χ4v) is 3.05. The smallest absolute Gasteiger partial charge is 0.344 e. The number of aryl methyl sites for hydroxylation is 3. The molecule has 3 rings (SSSR count). The maximum absolute atomic E-state index is 12.3. The quantitative estimate of drug-likeness (QED) is 0.588. The van der Waals surface area contributed by atoms with Crippen molar-refractivity contribution in [1.82, 2.24) is 4.98 Å². The number of methoxy groups -OCH3 is 1. The van der Waals surface area contributed by atoms with Crippen LogP contribution >= 0.6 is 0 Å². The molecule has 1 aromatic heterocycles. The zero-order valence-corrected chi connectivity index (χ0v) is 16.9. The summed E-state index contributed by atoms with van der Waals surface area (Å²) in [7, 11) is 1.31. The number of esters is 2. The third-order valence-electron chi connectivity index (χ3n) is 4.82. The van der Waals surface area contributed by atoms with Gasteiger partial charge >= 0.3 is 11.9 Å². The molecule has 0 spiro atoms. The monoisotopic (exact) mass is 393 g/mol. The van der Waals surface area contributed by atoms with Gasteiger partial charge in [0.15, 0.2) is 6.61 Å².